The first-order valence-corrected chi connectivity index (χ1v) is 10.5. The Morgan fingerprint density at radius 3 is 2.45 bits per heavy atom. The molecule has 1 heterocycles. The number of carbonyl (C=O) groups excluding carboxylic acids is 2. The summed E-state index contributed by atoms with van der Waals surface area (Å²) in [6, 6.07) is 8.21. The van der Waals surface area contributed by atoms with Crippen molar-refractivity contribution in [2.75, 3.05) is 12.4 Å². The van der Waals surface area contributed by atoms with Crippen LogP contribution in [0.4, 0.5) is 5.69 Å². The Morgan fingerprint density at radius 2 is 1.93 bits per heavy atom. The van der Waals surface area contributed by atoms with Gasteiger partial charge in [-0.1, -0.05) is 19.9 Å². The lowest BCUT2D eigenvalue weighted by molar-refractivity contribution is -0.145. The van der Waals surface area contributed by atoms with Crippen LogP contribution in [0.3, 0.4) is 0 Å². The van der Waals surface area contributed by atoms with Crippen LogP contribution < -0.4 is 5.32 Å². The minimum absolute atomic E-state index is 0.00972. The highest BCUT2D eigenvalue weighted by Gasteiger charge is 2.37. The lowest BCUT2D eigenvalue weighted by Crippen LogP contribution is -2.45. The fourth-order valence-corrected chi connectivity index (χ4v) is 4.45. The van der Waals surface area contributed by atoms with E-state index in [1.165, 1.54) is 31.4 Å². The van der Waals surface area contributed by atoms with Crippen molar-refractivity contribution in [1.29, 1.82) is 0 Å². The van der Waals surface area contributed by atoms with E-state index in [1.54, 1.807) is 24.5 Å². The molecular weight excluding hydrogens is 394 g/mol. The molecule has 156 valence electrons. The summed E-state index contributed by atoms with van der Waals surface area (Å²) >= 11 is 0. The van der Waals surface area contributed by atoms with Gasteiger partial charge in [-0.25, -0.2) is 8.42 Å². The molecule has 0 aliphatic rings. The van der Waals surface area contributed by atoms with Crippen LogP contribution in [0.2, 0.25) is 0 Å². The Balaban J connectivity index is 2.51. The molecule has 2 aromatic rings. The molecule has 1 amide bonds. The molecule has 1 aromatic heterocycles. The summed E-state index contributed by atoms with van der Waals surface area (Å²) in [4.78, 5) is 27.1. The van der Waals surface area contributed by atoms with E-state index < -0.39 is 22.0 Å². The van der Waals surface area contributed by atoms with Gasteiger partial charge in [-0.2, -0.15) is 4.31 Å². The van der Waals surface area contributed by atoms with E-state index in [-0.39, 0.29) is 17.4 Å². The highest BCUT2D eigenvalue weighted by Crippen LogP contribution is 2.26. The molecule has 1 atom stereocenters. The second-order valence-corrected chi connectivity index (χ2v) is 8.76. The van der Waals surface area contributed by atoms with Crippen LogP contribution in [0.1, 0.15) is 25.8 Å². The largest absolute Gasteiger partial charge is 0.468 e. The van der Waals surface area contributed by atoms with E-state index in [0.717, 1.165) is 4.31 Å². The number of nitrogens with one attached hydrogen (secondary N) is 1. The third-order valence-electron chi connectivity index (χ3n) is 4.26. The number of esters is 1. The molecule has 0 bridgehead atoms. The summed E-state index contributed by atoms with van der Waals surface area (Å²) in [5.41, 5.74) is 1.11. The third-order valence-corrected chi connectivity index (χ3v) is 6.13. The number of amides is 1. The highest BCUT2D eigenvalue weighted by molar-refractivity contribution is 7.89. The number of benzene rings is 1. The fraction of sp³-hybridized carbons (Fsp3) is 0.350. The third kappa shape index (κ3) is 5.85. The molecule has 8 nitrogen and oxygen atoms in total. The molecule has 0 spiro atoms. The predicted octanol–water partition coefficient (Wildman–Crippen LogP) is 2.43. The van der Waals surface area contributed by atoms with Crippen molar-refractivity contribution < 1.29 is 22.7 Å². The maximum Gasteiger partial charge on any atom is 0.324 e. The molecule has 1 unspecified atom stereocenters. The number of sulfonamides is 1. The van der Waals surface area contributed by atoms with Gasteiger partial charge >= 0.3 is 5.97 Å². The number of rotatable bonds is 10. The van der Waals surface area contributed by atoms with Crippen molar-refractivity contribution >= 4 is 28.1 Å². The average Bonchev–Trinajstić information content (AvgIpc) is 2.71. The van der Waals surface area contributed by atoms with Crippen LogP contribution >= 0.6 is 0 Å². The maximum absolute atomic E-state index is 13.5. The maximum atomic E-state index is 13.5. The topological polar surface area (TPSA) is 106 Å². The van der Waals surface area contributed by atoms with Crippen molar-refractivity contribution in [1.82, 2.24) is 9.29 Å². The fourth-order valence-electron chi connectivity index (χ4n) is 2.87. The summed E-state index contributed by atoms with van der Waals surface area (Å²) < 4.78 is 33.0. The van der Waals surface area contributed by atoms with Gasteiger partial charge in [-0.05, 0) is 48.2 Å². The van der Waals surface area contributed by atoms with Gasteiger partial charge in [0.2, 0.25) is 16.4 Å². The Hall–Kier alpha value is -2.78. The smallest absolute Gasteiger partial charge is 0.324 e. The van der Waals surface area contributed by atoms with Gasteiger partial charge in [-0.3, -0.25) is 14.6 Å². The molecule has 0 aliphatic carbocycles. The molecule has 0 fully saturated rings. The van der Waals surface area contributed by atoms with Gasteiger partial charge in [0.15, 0.2) is 0 Å². The van der Waals surface area contributed by atoms with Crippen molar-refractivity contribution in [3.05, 3.63) is 54.4 Å². The number of ether oxygens (including phenoxy) is 1. The summed E-state index contributed by atoms with van der Waals surface area (Å²) in [6.45, 7) is 3.78. The molecule has 1 N–H and O–H groups in total. The van der Waals surface area contributed by atoms with E-state index in [1.807, 2.05) is 13.8 Å². The number of nitrogens with zero attached hydrogens (tertiary/aromatic N) is 2. The zero-order valence-corrected chi connectivity index (χ0v) is 17.4. The van der Waals surface area contributed by atoms with Crippen molar-refractivity contribution in [2.24, 2.45) is 5.92 Å². The van der Waals surface area contributed by atoms with Gasteiger partial charge in [-0.15, -0.1) is 0 Å². The number of pyridine rings is 1. The minimum Gasteiger partial charge on any atom is -0.468 e. The van der Waals surface area contributed by atoms with Crippen LogP contribution in [0.15, 0.2) is 53.7 Å². The number of hydrogen-bond donors (Lipinski definition) is 1. The van der Waals surface area contributed by atoms with E-state index in [2.05, 4.69) is 10.3 Å². The van der Waals surface area contributed by atoms with Crippen LogP contribution in [0.5, 0.6) is 0 Å². The van der Waals surface area contributed by atoms with E-state index >= 15 is 0 Å². The van der Waals surface area contributed by atoms with Crippen LogP contribution in [-0.4, -0.2) is 43.2 Å². The number of methoxy groups -OCH3 is 1. The van der Waals surface area contributed by atoms with Gasteiger partial charge in [0, 0.05) is 24.6 Å². The molecule has 29 heavy (non-hydrogen) atoms. The first-order chi connectivity index (χ1) is 13.8. The molecule has 0 radical (unpaired) electrons. The van der Waals surface area contributed by atoms with Gasteiger partial charge in [0.05, 0.1) is 12.0 Å². The van der Waals surface area contributed by atoms with E-state index in [0.29, 0.717) is 24.1 Å². The first-order valence-electron chi connectivity index (χ1n) is 9.08. The molecular formula is C20H25N3O5S. The Bertz CT molecular complexity index is 915. The van der Waals surface area contributed by atoms with Gasteiger partial charge in [0.25, 0.3) is 0 Å². The zero-order chi connectivity index (χ0) is 21.4. The Labute approximate surface area is 170 Å². The molecule has 1 aromatic carbocycles. The van der Waals surface area contributed by atoms with Crippen molar-refractivity contribution in [3.8, 4) is 0 Å². The molecule has 0 saturated heterocycles. The standard InChI is InChI=1S/C20H25N3O5S/c1-15(2)11-19(20(25)28-3)23(13-16-5-4-10-21-12-16)29(26,27)18-8-6-17(7-9-18)22-14-24/h4-10,12,14-15,19H,11,13H2,1-3H3,(H,22,24). The van der Waals surface area contributed by atoms with Crippen molar-refractivity contribution in [3.63, 3.8) is 0 Å². The number of anilines is 1. The number of carbonyl (C=O) groups is 2. The summed E-state index contributed by atoms with van der Waals surface area (Å²) in [5, 5.41) is 2.46. The highest BCUT2D eigenvalue weighted by atomic mass is 32.2. The Kier molecular flexibility index (Phi) is 7.86. The van der Waals surface area contributed by atoms with Crippen molar-refractivity contribution in [2.45, 2.75) is 37.8 Å². The minimum atomic E-state index is -4.04. The second kappa shape index (κ2) is 10.1. The monoisotopic (exact) mass is 419 g/mol. The van der Waals surface area contributed by atoms with Crippen LogP contribution in [-0.2, 0) is 30.9 Å². The summed E-state index contributed by atoms with van der Waals surface area (Å²) in [6.07, 6.45) is 3.96. The van der Waals surface area contributed by atoms with Gasteiger partial charge in [0.1, 0.15) is 6.04 Å². The summed E-state index contributed by atoms with van der Waals surface area (Å²) in [5.74, 6) is -0.560. The lowest BCUT2D eigenvalue weighted by atomic mass is 10.0. The van der Waals surface area contributed by atoms with Crippen LogP contribution in [0, 0.1) is 5.92 Å². The van der Waals surface area contributed by atoms with E-state index in [4.69, 9.17) is 4.74 Å². The lowest BCUT2D eigenvalue weighted by Gasteiger charge is -2.30. The molecule has 9 heteroatoms. The quantitative estimate of drug-likeness (QED) is 0.468. The molecule has 0 aliphatic heterocycles. The van der Waals surface area contributed by atoms with E-state index in [9.17, 15) is 18.0 Å². The molecule has 0 saturated carbocycles. The predicted molar refractivity (Wildman–Crippen MR) is 108 cm³/mol. The Morgan fingerprint density at radius 1 is 1.24 bits per heavy atom. The zero-order valence-electron chi connectivity index (χ0n) is 16.6. The normalized spacial score (nSPS) is 12.6. The number of hydrogen-bond acceptors (Lipinski definition) is 6. The van der Waals surface area contributed by atoms with Crippen LogP contribution in [0.25, 0.3) is 0 Å². The van der Waals surface area contributed by atoms with Gasteiger partial charge < -0.3 is 10.1 Å². The SMILES string of the molecule is COC(=O)C(CC(C)C)N(Cc1cccnc1)S(=O)(=O)c1ccc(NC=O)cc1. The second-order valence-electron chi connectivity index (χ2n) is 6.87. The number of aromatic nitrogens is 1. The average molecular weight is 420 g/mol. The summed E-state index contributed by atoms with van der Waals surface area (Å²) in [7, 11) is -2.80. The molecule has 2 rings (SSSR count). The first kappa shape index (κ1) is 22.5.